The maximum absolute atomic E-state index is 9.71. The van der Waals surface area contributed by atoms with Gasteiger partial charge in [-0.2, -0.15) is 0 Å². The molecule has 0 aliphatic rings. The second-order valence-electron chi connectivity index (χ2n) is 4.24. The molecule has 0 aliphatic carbocycles. The summed E-state index contributed by atoms with van der Waals surface area (Å²) < 4.78 is 5.42. The molecule has 5 heteroatoms. The standard InChI is InChI=1S/C13H20ClNO3/c1-10(6-7-16)15-8-12(17)9-18-13-4-2-11(14)3-5-13/h2-5,10,12,15-17H,6-9H2,1H3. The van der Waals surface area contributed by atoms with Crippen molar-refractivity contribution in [3.05, 3.63) is 29.3 Å². The minimum absolute atomic E-state index is 0.144. The van der Waals surface area contributed by atoms with Crippen LogP contribution in [0.2, 0.25) is 5.02 Å². The van der Waals surface area contributed by atoms with E-state index in [-0.39, 0.29) is 19.3 Å². The average Bonchev–Trinajstić information content (AvgIpc) is 2.36. The van der Waals surface area contributed by atoms with Crippen molar-refractivity contribution in [3.63, 3.8) is 0 Å². The molecule has 0 saturated carbocycles. The molecule has 18 heavy (non-hydrogen) atoms. The molecule has 0 spiro atoms. The number of halogens is 1. The highest BCUT2D eigenvalue weighted by Gasteiger charge is 2.07. The molecule has 1 rings (SSSR count). The van der Waals surface area contributed by atoms with Gasteiger partial charge >= 0.3 is 0 Å². The zero-order valence-electron chi connectivity index (χ0n) is 10.5. The molecular formula is C13H20ClNO3. The number of hydrogen-bond acceptors (Lipinski definition) is 4. The van der Waals surface area contributed by atoms with E-state index in [2.05, 4.69) is 5.32 Å². The number of aliphatic hydroxyl groups is 2. The molecule has 102 valence electrons. The summed E-state index contributed by atoms with van der Waals surface area (Å²) in [6, 6.07) is 7.18. The molecule has 1 aromatic carbocycles. The highest BCUT2D eigenvalue weighted by Crippen LogP contribution is 2.15. The third-order valence-electron chi connectivity index (χ3n) is 2.52. The van der Waals surface area contributed by atoms with Crippen molar-refractivity contribution in [2.24, 2.45) is 0 Å². The van der Waals surface area contributed by atoms with Crippen LogP contribution < -0.4 is 10.1 Å². The first-order valence-electron chi connectivity index (χ1n) is 6.02. The Labute approximate surface area is 113 Å². The summed E-state index contributed by atoms with van der Waals surface area (Å²) in [5, 5.41) is 22.2. The number of ether oxygens (including phenoxy) is 1. The van der Waals surface area contributed by atoms with Crippen molar-refractivity contribution in [1.29, 1.82) is 0 Å². The second-order valence-corrected chi connectivity index (χ2v) is 4.68. The molecule has 0 saturated heterocycles. The first kappa shape index (κ1) is 15.2. The molecule has 2 atom stereocenters. The smallest absolute Gasteiger partial charge is 0.119 e. The Morgan fingerprint density at radius 3 is 2.61 bits per heavy atom. The molecule has 0 heterocycles. The van der Waals surface area contributed by atoms with Gasteiger partial charge < -0.3 is 20.3 Å². The molecule has 2 unspecified atom stereocenters. The van der Waals surface area contributed by atoms with Crippen molar-refractivity contribution >= 4 is 11.6 Å². The van der Waals surface area contributed by atoms with Crippen LogP contribution in [0.1, 0.15) is 13.3 Å². The highest BCUT2D eigenvalue weighted by atomic mass is 35.5. The predicted octanol–water partition coefficient (Wildman–Crippen LogP) is 1.44. The van der Waals surface area contributed by atoms with Gasteiger partial charge in [0.2, 0.25) is 0 Å². The Morgan fingerprint density at radius 2 is 2.00 bits per heavy atom. The monoisotopic (exact) mass is 273 g/mol. The van der Waals surface area contributed by atoms with E-state index in [9.17, 15) is 5.11 Å². The van der Waals surface area contributed by atoms with Crippen LogP contribution in [0, 0.1) is 0 Å². The van der Waals surface area contributed by atoms with E-state index in [1.807, 2.05) is 6.92 Å². The van der Waals surface area contributed by atoms with Gasteiger partial charge in [0.25, 0.3) is 0 Å². The van der Waals surface area contributed by atoms with Gasteiger partial charge in [-0.15, -0.1) is 0 Å². The minimum atomic E-state index is -0.582. The van der Waals surface area contributed by atoms with E-state index in [1.54, 1.807) is 24.3 Å². The Morgan fingerprint density at radius 1 is 1.33 bits per heavy atom. The van der Waals surface area contributed by atoms with Crippen LogP contribution in [-0.4, -0.2) is 42.1 Å². The third kappa shape index (κ3) is 6.21. The number of benzene rings is 1. The summed E-state index contributed by atoms with van der Waals surface area (Å²) in [6.45, 7) is 2.77. The maximum atomic E-state index is 9.71. The Bertz CT molecular complexity index is 332. The average molecular weight is 274 g/mol. The fourth-order valence-corrected chi connectivity index (χ4v) is 1.54. The number of nitrogens with one attached hydrogen (secondary N) is 1. The molecule has 3 N–H and O–H groups in total. The predicted molar refractivity (Wildman–Crippen MR) is 72.1 cm³/mol. The lowest BCUT2D eigenvalue weighted by Gasteiger charge is -2.16. The number of hydrogen-bond donors (Lipinski definition) is 3. The summed E-state index contributed by atoms with van der Waals surface area (Å²) in [6.07, 6.45) is 0.0897. The zero-order chi connectivity index (χ0) is 13.4. The molecule has 0 bridgehead atoms. The van der Waals surface area contributed by atoms with E-state index in [0.29, 0.717) is 23.7 Å². The van der Waals surface area contributed by atoms with E-state index in [0.717, 1.165) is 0 Å². The first-order chi connectivity index (χ1) is 8.61. The van der Waals surface area contributed by atoms with Crippen LogP contribution in [0.3, 0.4) is 0 Å². The molecule has 1 aromatic rings. The van der Waals surface area contributed by atoms with Crippen molar-refractivity contribution in [2.75, 3.05) is 19.8 Å². The topological polar surface area (TPSA) is 61.7 Å². The Kier molecular flexibility index (Phi) is 7.05. The van der Waals surface area contributed by atoms with Gasteiger partial charge in [-0.1, -0.05) is 11.6 Å². The van der Waals surface area contributed by atoms with Crippen LogP contribution in [0.25, 0.3) is 0 Å². The minimum Gasteiger partial charge on any atom is -0.491 e. The maximum Gasteiger partial charge on any atom is 0.119 e. The summed E-state index contributed by atoms with van der Waals surface area (Å²) in [5.74, 6) is 0.682. The van der Waals surface area contributed by atoms with Crippen LogP contribution in [0.5, 0.6) is 5.75 Å². The van der Waals surface area contributed by atoms with Crippen LogP contribution in [0.15, 0.2) is 24.3 Å². The molecule has 0 aromatic heterocycles. The van der Waals surface area contributed by atoms with Gasteiger partial charge in [-0.3, -0.25) is 0 Å². The van der Waals surface area contributed by atoms with Gasteiger partial charge in [-0.25, -0.2) is 0 Å². The first-order valence-corrected chi connectivity index (χ1v) is 6.40. The Hall–Kier alpha value is -0.810. The van der Waals surface area contributed by atoms with Crippen molar-refractivity contribution in [2.45, 2.75) is 25.5 Å². The largest absolute Gasteiger partial charge is 0.491 e. The van der Waals surface area contributed by atoms with Crippen molar-refractivity contribution in [1.82, 2.24) is 5.32 Å². The summed E-state index contributed by atoms with van der Waals surface area (Å²) in [5.41, 5.74) is 0. The fraction of sp³-hybridized carbons (Fsp3) is 0.538. The lowest BCUT2D eigenvalue weighted by molar-refractivity contribution is 0.103. The molecule has 0 amide bonds. The van der Waals surface area contributed by atoms with Gasteiger partial charge in [-0.05, 0) is 37.6 Å². The van der Waals surface area contributed by atoms with Crippen molar-refractivity contribution < 1.29 is 14.9 Å². The summed E-state index contributed by atoms with van der Waals surface area (Å²) in [4.78, 5) is 0. The lowest BCUT2D eigenvalue weighted by Crippen LogP contribution is -2.37. The van der Waals surface area contributed by atoms with Crippen molar-refractivity contribution in [3.8, 4) is 5.75 Å². The quantitative estimate of drug-likeness (QED) is 0.671. The summed E-state index contributed by atoms with van der Waals surface area (Å²) in [7, 11) is 0. The van der Waals surface area contributed by atoms with Gasteiger partial charge in [0.05, 0.1) is 0 Å². The van der Waals surface area contributed by atoms with E-state index in [4.69, 9.17) is 21.4 Å². The Balaban J connectivity index is 2.20. The molecular weight excluding hydrogens is 254 g/mol. The zero-order valence-corrected chi connectivity index (χ0v) is 11.2. The van der Waals surface area contributed by atoms with E-state index < -0.39 is 6.10 Å². The third-order valence-corrected chi connectivity index (χ3v) is 2.77. The van der Waals surface area contributed by atoms with E-state index >= 15 is 0 Å². The van der Waals surface area contributed by atoms with E-state index in [1.165, 1.54) is 0 Å². The summed E-state index contributed by atoms with van der Waals surface area (Å²) >= 11 is 5.75. The van der Waals surface area contributed by atoms with Gasteiger partial charge in [0.1, 0.15) is 18.5 Å². The molecule has 0 radical (unpaired) electrons. The second kappa shape index (κ2) is 8.32. The molecule has 0 aliphatic heterocycles. The number of aliphatic hydroxyl groups excluding tert-OH is 2. The number of rotatable bonds is 8. The fourth-order valence-electron chi connectivity index (χ4n) is 1.42. The molecule has 0 fully saturated rings. The highest BCUT2D eigenvalue weighted by molar-refractivity contribution is 6.30. The van der Waals surface area contributed by atoms with Gasteiger partial charge in [0, 0.05) is 24.2 Å². The van der Waals surface area contributed by atoms with Crippen LogP contribution in [-0.2, 0) is 0 Å². The normalized spacial score (nSPS) is 14.2. The SMILES string of the molecule is CC(CCO)NCC(O)COc1ccc(Cl)cc1. The van der Waals surface area contributed by atoms with Gasteiger partial charge in [0.15, 0.2) is 0 Å². The molecule has 4 nitrogen and oxygen atoms in total. The van der Waals surface area contributed by atoms with Crippen LogP contribution in [0.4, 0.5) is 0 Å². The lowest BCUT2D eigenvalue weighted by atomic mass is 10.2. The van der Waals surface area contributed by atoms with Crippen LogP contribution >= 0.6 is 11.6 Å².